The molecule has 1 unspecified atom stereocenters. The summed E-state index contributed by atoms with van der Waals surface area (Å²) in [6.07, 6.45) is 7.05. The number of hydrogen-bond acceptors (Lipinski definition) is 6. The van der Waals surface area contributed by atoms with E-state index in [0.29, 0.717) is 25.4 Å². The van der Waals surface area contributed by atoms with Gasteiger partial charge in [0.15, 0.2) is 0 Å². The summed E-state index contributed by atoms with van der Waals surface area (Å²) in [5, 5.41) is 2.60. The molecular formula is C22H28N4O3S. The number of thiazole rings is 1. The minimum Gasteiger partial charge on any atom is -0.368 e. The van der Waals surface area contributed by atoms with Crippen LogP contribution in [0.5, 0.6) is 0 Å². The van der Waals surface area contributed by atoms with E-state index < -0.39 is 0 Å². The molecule has 8 heteroatoms. The fraction of sp³-hybridized carbons (Fsp3) is 0.545. The van der Waals surface area contributed by atoms with E-state index in [-0.39, 0.29) is 30.5 Å². The van der Waals surface area contributed by atoms with Crippen molar-refractivity contribution in [3.63, 3.8) is 0 Å². The van der Waals surface area contributed by atoms with Gasteiger partial charge in [-0.3, -0.25) is 14.6 Å². The monoisotopic (exact) mass is 428 g/mol. The second kappa shape index (κ2) is 9.66. The lowest BCUT2D eigenvalue weighted by molar-refractivity contribution is -0.134. The van der Waals surface area contributed by atoms with Gasteiger partial charge in [0.1, 0.15) is 12.2 Å². The highest BCUT2D eigenvalue weighted by Crippen LogP contribution is 2.25. The van der Waals surface area contributed by atoms with Crippen molar-refractivity contribution >= 4 is 23.2 Å². The molecule has 1 aliphatic carbocycles. The lowest BCUT2D eigenvalue weighted by atomic mass is 9.94. The van der Waals surface area contributed by atoms with Crippen molar-refractivity contribution < 1.29 is 14.3 Å². The number of aromatic nitrogens is 2. The molecule has 2 aromatic heterocycles. The summed E-state index contributed by atoms with van der Waals surface area (Å²) < 4.78 is 6.17. The third kappa shape index (κ3) is 5.05. The first-order chi connectivity index (χ1) is 14.6. The molecule has 30 heavy (non-hydrogen) atoms. The molecule has 160 valence electrons. The molecule has 4 rings (SSSR count). The van der Waals surface area contributed by atoms with Gasteiger partial charge < -0.3 is 14.5 Å². The van der Waals surface area contributed by atoms with Gasteiger partial charge in [0, 0.05) is 30.7 Å². The van der Waals surface area contributed by atoms with Crippen molar-refractivity contribution in [3.05, 3.63) is 46.2 Å². The van der Waals surface area contributed by atoms with Gasteiger partial charge in [0.25, 0.3) is 5.91 Å². The molecule has 1 saturated heterocycles. The van der Waals surface area contributed by atoms with E-state index in [0.717, 1.165) is 36.4 Å². The van der Waals surface area contributed by atoms with E-state index in [1.807, 2.05) is 30.0 Å². The number of carbonyl (C=O) groups excluding carboxylic acids is 2. The molecule has 2 fully saturated rings. The molecule has 1 aliphatic heterocycles. The zero-order valence-electron chi connectivity index (χ0n) is 17.3. The van der Waals surface area contributed by atoms with Gasteiger partial charge in [0.05, 0.1) is 23.4 Å². The first-order valence-electron chi connectivity index (χ1n) is 10.6. The van der Waals surface area contributed by atoms with Crippen LogP contribution in [0.1, 0.15) is 53.3 Å². The molecule has 0 aromatic carbocycles. The highest BCUT2D eigenvalue weighted by atomic mass is 32.1. The average Bonchev–Trinajstić information content (AvgIpc) is 3.14. The first-order valence-corrected chi connectivity index (χ1v) is 11.5. The van der Waals surface area contributed by atoms with E-state index in [1.54, 1.807) is 16.5 Å². The van der Waals surface area contributed by atoms with Crippen LogP contribution in [-0.2, 0) is 16.1 Å². The van der Waals surface area contributed by atoms with E-state index in [1.165, 1.54) is 17.8 Å². The number of rotatable bonds is 5. The van der Waals surface area contributed by atoms with Gasteiger partial charge in [-0.1, -0.05) is 25.3 Å². The number of hydrogen-bond donors (Lipinski definition) is 0. The van der Waals surface area contributed by atoms with Gasteiger partial charge in [-0.15, -0.1) is 11.3 Å². The van der Waals surface area contributed by atoms with Crippen molar-refractivity contribution in [2.75, 3.05) is 19.6 Å². The van der Waals surface area contributed by atoms with E-state index in [9.17, 15) is 9.59 Å². The summed E-state index contributed by atoms with van der Waals surface area (Å²) in [7, 11) is 0. The van der Waals surface area contributed by atoms with E-state index >= 15 is 0 Å². The van der Waals surface area contributed by atoms with Crippen molar-refractivity contribution in [1.82, 2.24) is 19.8 Å². The summed E-state index contributed by atoms with van der Waals surface area (Å²) in [4.78, 5) is 38.4. The van der Waals surface area contributed by atoms with Crippen LogP contribution >= 0.6 is 11.3 Å². The highest BCUT2D eigenvalue weighted by Gasteiger charge is 2.35. The largest absolute Gasteiger partial charge is 0.368 e. The molecule has 1 saturated carbocycles. The van der Waals surface area contributed by atoms with Crippen LogP contribution in [0.3, 0.4) is 0 Å². The van der Waals surface area contributed by atoms with E-state index in [4.69, 9.17) is 4.74 Å². The molecule has 2 aliphatic rings. The number of pyridine rings is 1. The zero-order chi connectivity index (χ0) is 20.9. The standard InChI is InChI=1S/C22H28N4O3S/c1-16-24-20(15-30-16)22(28)25-11-19(29-14-17-7-5-6-10-23-17)12-26(21(27)13-25)18-8-3-2-4-9-18/h5-7,10,15,18-19H,2-4,8-9,11-14H2,1H3. The van der Waals surface area contributed by atoms with Crippen LogP contribution in [0.15, 0.2) is 29.8 Å². The second-order valence-electron chi connectivity index (χ2n) is 8.03. The van der Waals surface area contributed by atoms with Gasteiger partial charge in [-0.2, -0.15) is 0 Å². The highest BCUT2D eigenvalue weighted by molar-refractivity contribution is 7.09. The molecular weight excluding hydrogens is 400 g/mol. The molecule has 2 aromatic rings. The smallest absolute Gasteiger partial charge is 0.273 e. The quantitative estimate of drug-likeness (QED) is 0.732. The molecule has 0 bridgehead atoms. The SMILES string of the molecule is Cc1nc(C(=O)N2CC(=O)N(C3CCCCC3)CC(OCc3ccccn3)C2)cs1. The molecule has 3 heterocycles. The first kappa shape index (κ1) is 20.9. The number of amides is 2. The Morgan fingerprint density at radius 2 is 2.07 bits per heavy atom. The lowest BCUT2D eigenvalue weighted by Gasteiger charge is -2.34. The van der Waals surface area contributed by atoms with Crippen molar-refractivity contribution in [1.29, 1.82) is 0 Å². The summed E-state index contributed by atoms with van der Waals surface area (Å²) in [6.45, 7) is 3.19. The van der Waals surface area contributed by atoms with Crippen LogP contribution in [0, 0.1) is 6.92 Å². The van der Waals surface area contributed by atoms with Crippen LogP contribution in [0.25, 0.3) is 0 Å². The topological polar surface area (TPSA) is 75.6 Å². The Bertz CT molecular complexity index is 866. The second-order valence-corrected chi connectivity index (χ2v) is 9.09. The van der Waals surface area contributed by atoms with Crippen LogP contribution < -0.4 is 0 Å². The molecule has 0 radical (unpaired) electrons. The van der Waals surface area contributed by atoms with Crippen LogP contribution in [0.2, 0.25) is 0 Å². The Morgan fingerprint density at radius 3 is 2.77 bits per heavy atom. The Kier molecular flexibility index (Phi) is 6.74. The van der Waals surface area contributed by atoms with Gasteiger partial charge in [-0.25, -0.2) is 4.98 Å². The summed E-state index contributed by atoms with van der Waals surface area (Å²) in [5.74, 6) is -0.198. The van der Waals surface area contributed by atoms with Crippen LogP contribution in [-0.4, -0.2) is 63.4 Å². The summed E-state index contributed by atoms with van der Waals surface area (Å²) in [6, 6.07) is 5.96. The van der Waals surface area contributed by atoms with Crippen LogP contribution in [0.4, 0.5) is 0 Å². The van der Waals surface area contributed by atoms with Crippen molar-refractivity contribution in [2.45, 2.75) is 57.8 Å². The zero-order valence-corrected chi connectivity index (χ0v) is 18.1. The van der Waals surface area contributed by atoms with Crippen molar-refractivity contribution in [2.24, 2.45) is 0 Å². The lowest BCUT2D eigenvalue weighted by Crippen LogP contribution is -2.46. The summed E-state index contributed by atoms with van der Waals surface area (Å²) in [5.41, 5.74) is 1.24. The van der Waals surface area contributed by atoms with Crippen molar-refractivity contribution in [3.8, 4) is 0 Å². The van der Waals surface area contributed by atoms with Gasteiger partial charge in [0.2, 0.25) is 5.91 Å². The average molecular weight is 429 g/mol. The maximum atomic E-state index is 13.1. The number of aryl methyl sites for hydroxylation is 1. The Balaban J connectivity index is 1.52. The Morgan fingerprint density at radius 1 is 1.23 bits per heavy atom. The molecule has 2 amide bonds. The van der Waals surface area contributed by atoms with Gasteiger partial charge >= 0.3 is 0 Å². The third-order valence-electron chi connectivity index (χ3n) is 5.80. The predicted molar refractivity (Wildman–Crippen MR) is 114 cm³/mol. The Labute approximate surface area is 181 Å². The fourth-order valence-corrected chi connectivity index (χ4v) is 4.85. The maximum Gasteiger partial charge on any atom is 0.273 e. The number of nitrogens with zero attached hydrogens (tertiary/aromatic N) is 4. The molecule has 7 nitrogen and oxygen atoms in total. The molecule has 0 spiro atoms. The van der Waals surface area contributed by atoms with Gasteiger partial charge in [-0.05, 0) is 31.9 Å². The maximum absolute atomic E-state index is 13.1. The predicted octanol–water partition coefficient (Wildman–Crippen LogP) is 3.05. The minimum absolute atomic E-state index is 0.00568. The molecule has 0 N–H and O–H groups in total. The third-order valence-corrected chi connectivity index (χ3v) is 6.58. The fourth-order valence-electron chi connectivity index (χ4n) is 4.26. The number of carbonyl (C=O) groups is 2. The Hall–Kier alpha value is -2.32. The molecule has 1 atom stereocenters. The number of ether oxygens (including phenoxy) is 1. The normalized spacial score (nSPS) is 21.0. The summed E-state index contributed by atoms with van der Waals surface area (Å²) >= 11 is 1.44. The van der Waals surface area contributed by atoms with E-state index in [2.05, 4.69) is 9.97 Å². The minimum atomic E-state index is -0.260.